The van der Waals surface area contributed by atoms with E-state index in [0.29, 0.717) is 6.04 Å². The molecule has 28 heavy (non-hydrogen) atoms. The van der Waals surface area contributed by atoms with Gasteiger partial charge in [-0.05, 0) is 56.1 Å². The maximum atomic E-state index is 5.38. The molecular weight excluding hydrogens is 483 g/mol. The van der Waals surface area contributed by atoms with Crippen molar-refractivity contribution in [1.82, 2.24) is 15.5 Å². The van der Waals surface area contributed by atoms with Crippen molar-refractivity contribution >= 4 is 41.3 Å². The van der Waals surface area contributed by atoms with E-state index in [1.807, 2.05) is 18.4 Å². The number of guanidine groups is 1. The molecule has 1 fully saturated rings. The second-order valence-electron chi connectivity index (χ2n) is 7.57. The predicted octanol–water partition coefficient (Wildman–Crippen LogP) is 4.04. The predicted molar refractivity (Wildman–Crippen MR) is 130 cm³/mol. The summed E-state index contributed by atoms with van der Waals surface area (Å²) in [4.78, 5) is 8.50. The van der Waals surface area contributed by atoms with E-state index < -0.39 is 0 Å². The van der Waals surface area contributed by atoms with Gasteiger partial charge >= 0.3 is 0 Å². The molecule has 2 aliphatic rings. The van der Waals surface area contributed by atoms with E-state index in [0.717, 1.165) is 51.0 Å². The molecule has 0 amide bonds. The molecule has 1 unspecified atom stereocenters. The summed E-state index contributed by atoms with van der Waals surface area (Å²) in [7, 11) is 1.85. The summed E-state index contributed by atoms with van der Waals surface area (Å²) in [5, 5.41) is 9.22. The highest BCUT2D eigenvalue weighted by Crippen LogP contribution is 2.29. The van der Waals surface area contributed by atoms with Gasteiger partial charge in [0, 0.05) is 25.0 Å². The number of thiophene rings is 1. The maximum absolute atomic E-state index is 5.38. The molecule has 0 bridgehead atoms. The second kappa shape index (κ2) is 12.8. The quantitative estimate of drug-likeness (QED) is 0.248. The monoisotopic (exact) mass is 518 g/mol. The first-order valence-electron chi connectivity index (χ1n) is 10.2. The van der Waals surface area contributed by atoms with E-state index in [-0.39, 0.29) is 24.0 Å². The van der Waals surface area contributed by atoms with Gasteiger partial charge in [-0.2, -0.15) is 0 Å². The Labute approximate surface area is 191 Å². The van der Waals surface area contributed by atoms with Crippen molar-refractivity contribution in [2.45, 2.75) is 38.6 Å². The Hall–Kier alpha value is -0.640. The zero-order valence-corrected chi connectivity index (χ0v) is 20.3. The van der Waals surface area contributed by atoms with Crippen molar-refractivity contribution in [1.29, 1.82) is 0 Å². The number of likely N-dealkylation sites (tertiary alicyclic amines) is 1. The van der Waals surface area contributed by atoms with Crippen LogP contribution >= 0.6 is 35.3 Å². The van der Waals surface area contributed by atoms with Crippen LogP contribution in [0.25, 0.3) is 0 Å². The molecule has 0 aliphatic carbocycles. The fourth-order valence-electron chi connectivity index (χ4n) is 3.78. The molecule has 7 heteroatoms. The third-order valence-electron chi connectivity index (χ3n) is 5.61. The summed E-state index contributed by atoms with van der Waals surface area (Å²) in [5.41, 5.74) is 1.49. The summed E-state index contributed by atoms with van der Waals surface area (Å²) < 4.78 is 5.38. The SMILES string of the molecule is CN=C(NCCC1=CCOCC1)NCC(c1cccs1)N1CCC(C)CC1.I. The van der Waals surface area contributed by atoms with Crippen LogP contribution in [0, 0.1) is 5.92 Å². The smallest absolute Gasteiger partial charge is 0.191 e. The lowest BCUT2D eigenvalue weighted by Crippen LogP contribution is -2.45. The van der Waals surface area contributed by atoms with E-state index in [9.17, 15) is 0 Å². The van der Waals surface area contributed by atoms with E-state index in [4.69, 9.17) is 4.74 Å². The van der Waals surface area contributed by atoms with Crippen molar-refractivity contribution < 1.29 is 4.74 Å². The number of nitrogens with one attached hydrogen (secondary N) is 2. The molecule has 3 rings (SSSR count). The minimum Gasteiger partial charge on any atom is -0.377 e. The molecule has 1 aromatic rings. The highest BCUT2D eigenvalue weighted by atomic mass is 127. The number of halogens is 1. The van der Waals surface area contributed by atoms with Crippen LogP contribution in [0.4, 0.5) is 0 Å². The minimum atomic E-state index is 0. The van der Waals surface area contributed by atoms with Crippen molar-refractivity contribution in [2.75, 3.05) is 46.4 Å². The zero-order chi connectivity index (χ0) is 18.9. The second-order valence-corrected chi connectivity index (χ2v) is 8.55. The lowest BCUT2D eigenvalue weighted by molar-refractivity contribution is 0.140. The molecule has 1 atom stereocenters. The fraction of sp³-hybridized carbons (Fsp3) is 0.667. The number of piperidine rings is 1. The van der Waals surface area contributed by atoms with Crippen LogP contribution < -0.4 is 10.6 Å². The van der Waals surface area contributed by atoms with Crippen molar-refractivity contribution in [2.24, 2.45) is 10.9 Å². The highest BCUT2D eigenvalue weighted by molar-refractivity contribution is 14.0. The molecule has 1 saturated heterocycles. The summed E-state index contributed by atoms with van der Waals surface area (Å²) in [6.07, 6.45) is 6.93. The van der Waals surface area contributed by atoms with E-state index in [1.165, 1.54) is 36.4 Å². The Bertz CT molecular complexity index is 612. The lowest BCUT2D eigenvalue weighted by Gasteiger charge is -2.36. The van der Waals surface area contributed by atoms with Crippen LogP contribution in [0.15, 0.2) is 34.2 Å². The van der Waals surface area contributed by atoms with Crippen LogP contribution in [-0.2, 0) is 4.74 Å². The number of hydrogen-bond acceptors (Lipinski definition) is 4. The van der Waals surface area contributed by atoms with Crippen molar-refractivity contribution in [3.8, 4) is 0 Å². The average Bonchev–Trinajstić information content (AvgIpc) is 3.23. The van der Waals surface area contributed by atoms with Gasteiger partial charge in [-0.15, -0.1) is 35.3 Å². The molecular formula is C21H35IN4OS. The van der Waals surface area contributed by atoms with Gasteiger partial charge in [0.25, 0.3) is 0 Å². The normalized spacial score (nSPS) is 20.2. The van der Waals surface area contributed by atoms with Crippen LogP contribution in [0.3, 0.4) is 0 Å². The van der Waals surface area contributed by atoms with Crippen LogP contribution in [-0.4, -0.2) is 57.3 Å². The Morgan fingerprint density at radius 2 is 2.18 bits per heavy atom. The molecule has 0 spiro atoms. The number of ether oxygens (including phenoxy) is 1. The van der Waals surface area contributed by atoms with Gasteiger partial charge in [0.2, 0.25) is 0 Å². The standard InChI is InChI=1S/C21H34N4OS.HI/c1-17-6-11-25(12-7-17)19(20-4-3-15-27-20)16-24-21(22-2)23-10-5-18-8-13-26-14-9-18;/h3-4,8,15,17,19H,5-7,9-14,16H2,1-2H3,(H2,22,23,24);1H. The van der Waals surface area contributed by atoms with Gasteiger partial charge in [-0.25, -0.2) is 0 Å². The summed E-state index contributed by atoms with van der Waals surface area (Å²) in [5.74, 6) is 1.75. The first kappa shape index (κ1) is 23.6. The molecule has 2 N–H and O–H groups in total. The number of rotatable bonds is 7. The fourth-order valence-corrected chi connectivity index (χ4v) is 4.64. The largest absolute Gasteiger partial charge is 0.377 e. The molecule has 3 heterocycles. The van der Waals surface area contributed by atoms with Crippen molar-refractivity contribution in [3.63, 3.8) is 0 Å². The molecule has 1 aromatic heterocycles. The van der Waals surface area contributed by atoms with Gasteiger partial charge in [-0.3, -0.25) is 9.89 Å². The van der Waals surface area contributed by atoms with Crippen molar-refractivity contribution in [3.05, 3.63) is 34.0 Å². The topological polar surface area (TPSA) is 48.9 Å². The van der Waals surface area contributed by atoms with Gasteiger partial charge in [0.05, 0.1) is 19.3 Å². The van der Waals surface area contributed by atoms with Crippen LogP contribution in [0.1, 0.15) is 43.5 Å². The van der Waals surface area contributed by atoms with Crippen LogP contribution in [0.2, 0.25) is 0 Å². The minimum absolute atomic E-state index is 0. The zero-order valence-electron chi connectivity index (χ0n) is 17.2. The third-order valence-corrected chi connectivity index (χ3v) is 6.59. The summed E-state index contributed by atoms with van der Waals surface area (Å²) >= 11 is 1.86. The molecule has 0 radical (unpaired) electrons. The molecule has 158 valence electrons. The Balaban J connectivity index is 0.00000280. The van der Waals surface area contributed by atoms with Gasteiger partial charge in [0.1, 0.15) is 0 Å². The van der Waals surface area contributed by atoms with Gasteiger partial charge in [-0.1, -0.05) is 24.6 Å². The Morgan fingerprint density at radius 1 is 1.36 bits per heavy atom. The van der Waals surface area contributed by atoms with E-state index >= 15 is 0 Å². The Morgan fingerprint density at radius 3 is 2.82 bits per heavy atom. The number of hydrogen-bond donors (Lipinski definition) is 2. The maximum Gasteiger partial charge on any atom is 0.191 e. The summed E-state index contributed by atoms with van der Waals surface area (Å²) in [6.45, 7) is 8.17. The molecule has 2 aliphatic heterocycles. The van der Waals surface area contributed by atoms with E-state index in [2.05, 4.69) is 51.0 Å². The summed E-state index contributed by atoms with van der Waals surface area (Å²) in [6, 6.07) is 4.85. The van der Waals surface area contributed by atoms with E-state index in [1.54, 1.807) is 0 Å². The van der Waals surface area contributed by atoms with Crippen LogP contribution in [0.5, 0.6) is 0 Å². The number of nitrogens with zero attached hydrogens (tertiary/aromatic N) is 2. The van der Waals surface area contributed by atoms with Gasteiger partial charge < -0.3 is 15.4 Å². The molecule has 0 saturated carbocycles. The molecule has 0 aromatic carbocycles. The van der Waals surface area contributed by atoms with Gasteiger partial charge in [0.15, 0.2) is 5.96 Å². The third kappa shape index (κ3) is 7.31. The Kier molecular flexibility index (Phi) is 10.8. The average molecular weight is 519 g/mol. The lowest BCUT2D eigenvalue weighted by atomic mass is 9.97. The molecule has 5 nitrogen and oxygen atoms in total. The first-order chi connectivity index (χ1) is 13.3. The number of aliphatic imine (C=N–C) groups is 1. The first-order valence-corrected chi connectivity index (χ1v) is 11.1. The highest BCUT2D eigenvalue weighted by Gasteiger charge is 2.25.